The average Bonchev–Trinajstić information content (AvgIpc) is 3.12. The highest BCUT2D eigenvalue weighted by molar-refractivity contribution is 5.95. The van der Waals surface area contributed by atoms with Gasteiger partial charge in [-0.3, -0.25) is 0 Å². The van der Waals surface area contributed by atoms with Gasteiger partial charge in [0.1, 0.15) is 5.75 Å². The number of methoxy groups -OCH3 is 1. The lowest BCUT2D eigenvalue weighted by Crippen LogP contribution is -1.98. The fraction of sp³-hybridized carbons (Fsp3) is 0.136. The molecule has 0 unspecified atom stereocenters. The second-order valence-electron chi connectivity index (χ2n) is 6.28. The standard InChI is InChI=1S/C22H19N5O/c1-28-17-9-7-16(8-10-17)25-22-24-13-11-20(26-22)19-15-27(14-4-12-23)21-6-3-2-5-18(19)21/h2-3,5-11,13,15H,4,14H2,1H3,(H,24,25,26). The van der Waals surface area contributed by atoms with Crippen LogP contribution in [0.25, 0.3) is 22.2 Å². The SMILES string of the molecule is COc1ccc(Nc2nccc(-c3cn(CCC#N)c4ccccc34)n2)cc1. The van der Waals surface area contributed by atoms with Crippen LogP contribution in [-0.2, 0) is 6.54 Å². The molecule has 2 heterocycles. The van der Waals surface area contributed by atoms with E-state index in [2.05, 4.69) is 39.3 Å². The van der Waals surface area contributed by atoms with E-state index < -0.39 is 0 Å². The maximum Gasteiger partial charge on any atom is 0.227 e. The van der Waals surface area contributed by atoms with Crippen LogP contribution in [0.5, 0.6) is 5.75 Å². The van der Waals surface area contributed by atoms with Crippen LogP contribution in [0, 0.1) is 11.3 Å². The Hall–Kier alpha value is -3.85. The lowest BCUT2D eigenvalue weighted by Gasteiger charge is -2.07. The minimum atomic E-state index is 0.464. The Balaban J connectivity index is 1.68. The van der Waals surface area contributed by atoms with E-state index in [0.29, 0.717) is 18.9 Å². The third-order valence-corrected chi connectivity index (χ3v) is 4.53. The average molecular weight is 369 g/mol. The molecule has 0 amide bonds. The molecule has 0 aliphatic rings. The zero-order valence-electron chi connectivity index (χ0n) is 15.5. The van der Waals surface area contributed by atoms with Gasteiger partial charge in [-0.15, -0.1) is 0 Å². The number of aryl methyl sites for hydroxylation is 1. The molecule has 6 heteroatoms. The van der Waals surface area contributed by atoms with Gasteiger partial charge in [-0.25, -0.2) is 9.97 Å². The summed E-state index contributed by atoms with van der Waals surface area (Å²) in [4.78, 5) is 9.03. The molecule has 0 atom stereocenters. The van der Waals surface area contributed by atoms with Crippen LogP contribution in [0.15, 0.2) is 67.0 Å². The third kappa shape index (κ3) is 3.51. The number of rotatable bonds is 6. The number of nitrogens with zero attached hydrogens (tertiary/aromatic N) is 4. The largest absolute Gasteiger partial charge is 0.497 e. The van der Waals surface area contributed by atoms with Gasteiger partial charge in [0.25, 0.3) is 0 Å². The van der Waals surface area contributed by atoms with Crippen LogP contribution in [0.2, 0.25) is 0 Å². The van der Waals surface area contributed by atoms with Gasteiger partial charge in [0, 0.05) is 41.1 Å². The van der Waals surface area contributed by atoms with Crippen LogP contribution >= 0.6 is 0 Å². The first-order valence-electron chi connectivity index (χ1n) is 8.98. The highest BCUT2D eigenvalue weighted by Gasteiger charge is 2.12. The van der Waals surface area contributed by atoms with Gasteiger partial charge in [0.15, 0.2) is 0 Å². The predicted molar refractivity (Wildman–Crippen MR) is 109 cm³/mol. The van der Waals surface area contributed by atoms with Gasteiger partial charge in [-0.2, -0.15) is 5.26 Å². The maximum atomic E-state index is 8.93. The number of ether oxygens (including phenoxy) is 1. The highest BCUT2D eigenvalue weighted by atomic mass is 16.5. The van der Waals surface area contributed by atoms with Crippen molar-refractivity contribution in [3.8, 4) is 23.1 Å². The van der Waals surface area contributed by atoms with E-state index in [0.717, 1.165) is 33.6 Å². The molecule has 0 spiro atoms. The Kier molecular flexibility index (Phi) is 4.89. The number of nitriles is 1. The van der Waals surface area contributed by atoms with Crippen molar-refractivity contribution in [1.29, 1.82) is 5.26 Å². The molecule has 2 aromatic carbocycles. The maximum absolute atomic E-state index is 8.93. The fourth-order valence-corrected chi connectivity index (χ4v) is 3.18. The first-order chi connectivity index (χ1) is 13.8. The molecular weight excluding hydrogens is 350 g/mol. The minimum absolute atomic E-state index is 0.464. The second kappa shape index (κ2) is 7.80. The molecule has 0 aliphatic carbocycles. The quantitative estimate of drug-likeness (QED) is 0.530. The Labute approximate surface area is 163 Å². The monoisotopic (exact) mass is 369 g/mol. The number of nitrogens with one attached hydrogen (secondary N) is 1. The number of para-hydroxylation sites is 1. The molecule has 0 fully saturated rings. The first-order valence-corrected chi connectivity index (χ1v) is 8.98. The molecule has 28 heavy (non-hydrogen) atoms. The summed E-state index contributed by atoms with van der Waals surface area (Å²) >= 11 is 0. The van der Waals surface area contributed by atoms with Crippen molar-refractivity contribution in [2.24, 2.45) is 0 Å². The van der Waals surface area contributed by atoms with Gasteiger partial charge in [0.05, 0.1) is 25.3 Å². The van der Waals surface area contributed by atoms with E-state index in [1.807, 2.05) is 42.5 Å². The molecule has 0 saturated carbocycles. The van der Waals surface area contributed by atoms with Crippen LogP contribution in [0.1, 0.15) is 6.42 Å². The summed E-state index contributed by atoms with van der Waals surface area (Å²) in [5.74, 6) is 1.32. The number of aromatic nitrogens is 3. The molecule has 0 saturated heterocycles. The Morgan fingerprint density at radius 1 is 1.11 bits per heavy atom. The van der Waals surface area contributed by atoms with Crippen molar-refractivity contribution in [2.45, 2.75) is 13.0 Å². The van der Waals surface area contributed by atoms with E-state index in [1.165, 1.54) is 0 Å². The van der Waals surface area contributed by atoms with Crippen molar-refractivity contribution in [3.05, 3.63) is 67.0 Å². The number of anilines is 2. The van der Waals surface area contributed by atoms with Crippen LogP contribution < -0.4 is 10.1 Å². The fourth-order valence-electron chi connectivity index (χ4n) is 3.18. The smallest absolute Gasteiger partial charge is 0.227 e. The molecular formula is C22H19N5O. The van der Waals surface area contributed by atoms with Gasteiger partial charge < -0.3 is 14.6 Å². The topological polar surface area (TPSA) is 75.8 Å². The van der Waals surface area contributed by atoms with E-state index in [9.17, 15) is 0 Å². The second-order valence-corrected chi connectivity index (χ2v) is 6.28. The summed E-state index contributed by atoms with van der Waals surface area (Å²) < 4.78 is 7.29. The van der Waals surface area contributed by atoms with E-state index in [4.69, 9.17) is 15.0 Å². The molecule has 6 nitrogen and oxygen atoms in total. The normalized spacial score (nSPS) is 10.6. The zero-order chi connectivity index (χ0) is 19.3. The molecule has 2 aromatic heterocycles. The molecule has 0 aliphatic heterocycles. The Morgan fingerprint density at radius 3 is 2.71 bits per heavy atom. The number of fused-ring (bicyclic) bond motifs is 1. The third-order valence-electron chi connectivity index (χ3n) is 4.53. The van der Waals surface area contributed by atoms with Gasteiger partial charge in [-0.1, -0.05) is 18.2 Å². The van der Waals surface area contributed by atoms with Crippen molar-refractivity contribution >= 4 is 22.5 Å². The summed E-state index contributed by atoms with van der Waals surface area (Å²) in [5.41, 5.74) is 3.83. The van der Waals surface area contributed by atoms with Gasteiger partial charge in [0.2, 0.25) is 5.95 Å². The Morgan fingerprint density at radius 2 is 1.93 bits per heavy atom. The summed E-state index contributed by atoms with van der Waals surface area (Å²) in [6.07, 6.45) is 4.27. The van der Waals surface area contributed by atoms with Crippen molar-refractivity contribution < 1.29 is 4.74 Å². The Bertz CT molecular complexity index is 1140. The summed E-state index contributed by atoms with van der Waals surface area (Å²) in [6.45, 7) is 0.652. The summed E-state index contributed by atoms with van der Waals surface area (Å²) in [5, 5.41) is 13.3. The van der Waals surface area contributed by atoms with Crippen LogP contribution in [0.3, 0.4) is 0 Å². The van der Waals surface area contributed by atoms with Gasteiger partial charge in [-0.05, 0) is 36.4 Å². The molecule has 138 valence electrons. The van der Waals surface area contributed by atoms with E-state index in [-0.39, 0.29) is 0 Å². The van der Waals surface area contributed by atoms with Crippen LogP contribution in [-0.4, -0.2) is 21.6 Å². The van der Waals surface area contributed by atoms with E-state index >= 15 is 0 Å². The number of hydrogen-bond donors (Lipinski definition) is 1. The molecule has 0 radical (unpaired) electrons. The molecule has 1 N–H and O–H groups in total. The van der Waals surface area contributed by atoms with Crippen LogP contribution in [0.4, 0.5) is 11.6 Å². The minimum Gasteiger partial charge on any atom is -0.497 e. The summed E-state index contributed by atoms with van der Waals surface area (Å²) in [7, 11) is 1.64. The number of benzene rings is 2. The molecule has 0 bridgehead atoms. The van der Waals surface area contributed by atoms with Gasteiger partial charge >= 0.3 is 0 Å². The highest BCUT2D eigenvalue weighted by Crippen LogP contribution is 2.30. The van der Waals surface area contributed by atoms with Crippen molar-refractivity contribution in [2.75, 3.05) is 12.4 Å². The summed E-state index contributed by atoms with van der Waals surface area (Å²) in [6, 6.07) is 19.9. The number of hydrogen-bond acceptors (Lipinski definition) is 5. The predicted octanol–water partition coefficient (Wildman–Crippen LogP) is 4.76. The lowest BCUT2D eigenvalue weighted by molar-refractivity contribution is 0.415. The zero-order valence-corrected chi connectivity index (χ0v) is 15.5. The molecule has 4 rings (SSSR count). The van der Waals surface area contributed by atoms with Crippen molar-refractivity contribution in [3.63, 3.8) is 0 Å². The molecule has 4 aromatic rings. The van der Waals surface area contributed by atoms with E-state index in [1.54, 1.807) is 13.3 Å². The van der Waals surface area contributed by atoms with Crippen molar-refractivity contribution in [1.82, 2.24) is 14.5 Å². The first kappa shape index (κ1) is 17.6. The lowest BCUT2D eigenvalue weighted by atomic mass is 10.1.